The molecule has 4 nitrogen and oxygen atoms in total. The molecule has 0 saturated carbocycles. The fourth-order valence-corrected chi connectivity index (χ4v) is 1.90. The van der Waals surface area contributed by atoms with Gasteiger partial charge >= 0.3 is 5.97 Å². The van der Waals surface area contributed by atoms with Gasteiger partial charge in [0.2, 0.25) is 0 Å². The molecule has 0 saturated heterocycles. The van der Waals surface area contributed by atoms with Crippen molar-refractivity contribution >= 4 is 5.97 Å². The molecule has 0 aromatic carbocycles. The number of hydrogen-bond acceptors (Lipinski definition) is 3. The second kappa shape index (κ2) is 5.77. The Morgan fingerprint density at radius 3 is 2.55 bits per heavy atom. The van der Waals surface area contributed by atoms with Crippen LogP contribution in [0.2, 0.25) is 0 Å². The van der Waals surface area contributed by atoms with Crippen molar-refractivity contribution in [2.75, 3.05) is 7.11 Å². The van der Waals surface area contributed by atoms with Crippen LogP contribution in [-0.2, 0) is 9.53 Å². The van der Waals surface area contributed by atoms with Gasteiger partial charge in [0.25, 0.3) is 0 Å². The van der Waals surface area contributed by atoms with Crippen LogP contribution in [0.3, 0.4) is 0 Å². The lowest BCUT2D eigenvalue weighted by molar-refractivity contribution is -0.135. The van der Waals surface area contributed by atoms with Crippen molar-refractivity contribution in [1.82, 2.24) is 4.73 Å². The summed E-state index contributed by atoms with van der Waals surface area (Å²) in [6.45, 7) is 3.79. The Kier molecular flexibility index (Phi) is 4.08. The molecule has 1 aliphatic carbocycles. The molecule has 1 aliphatic rings. The van der Waals surface area contributed by atoms with Crippen LogP contribution in [0.25, 0.3) is 0 Å². The molecule has 0 fully saturated rings. The summed E-state index contributed by atoms with van der Waals surface area (Å²) in [5.41, 5.74) is 1.70. The number of nitrogens with zero attached hydrogens (tertiary/aromatic N) is 1. The van der Waals surface area contributed by atoms with Crippen LogP contribution >= 0.6 is 0 Å². The van der Waals surface area contributed by atoms with E-state index in [-0.39, 0.29) is 12.0 Å². The molecule has 0 bridgehead atoms. The van der Waals surface area contributed by atoms with Gasteiger partial charge in [-0.25, -0.2) is 9.18 Å². The third-order valence-corrected chi connectivity index (χ3v) is 2.97. The van der Waals surface area contributed by atoms with Crippen molar-refractivity contribution in [2.45, 2.75) is 20.3 Å². The van der Waals surface area contributed by atoms with Crippen LogP contribution in [0, 0.1) is 13.8 Å². The summed E-state index contributed by atoms with van der Waals surface area (Å²) in [5.74, 6) is -0.874. The van der Waals surface area contributed by atoms with Crippen LogP contribution < -0.4 is 4.84 Å². The standard InChI is InChI=1S/C15H16FNO3/c1-10-7-8-11(2)17(10)20-12-5-4-6-14(16)13(9-12)15(18)19-3/h4-5,7-9H,6H2,1-3H3. The fraction of sp³-hybridized carbons (Fsp3) is 0.267. The molecule has 0 radical (unpaired) electrons. The second-order valence-corrected chi connectivity index (χ2v) is 4.47. The maximum Gasteiger partial charge on any atom is 0.340 e. The van der Waals surface area contributed by atoms with E-state index in [9.17, 15) is 9.18 Å². The number of halogens is 1. The summed E-state index contributed by atoms with van der Waals surface area (Å²) in [4.78, 5) is 17.2. The van der Waals surface area contributed by atoms with Gasteiger partial charge in [-0.2, -0.15) is 4.73 Å². The van der Waals surface area contributed by atoms with E-state index >= 15 is 0 Å². The predicted molar refractivity (Wildman–Crippen MR) is 72.5 cm³/mol. The first-order chi connectivity index (χ1) is 9.52. The molecule has 20 heavy (non-hydrogen) atoms. The molecule has 106 valence electrons. The number of carbonyl (C=O) groups excluding carboxylic acids is 1. The number of aryl methyl sites for hydroxylation is 2. The molecular formula is C15H16FNO3. The van der Waals surface area contributed by atoms with E-state index in [1.54, 1.807) is 16.9 Å². The molecule has 0 amide bonds. The summed E-state index contributed by atoms with van der Waals surface area (Å²) in [6, 6.07) is 3.82. The molecule has 2 rings (SSSR count). The number of allylic oxidation sites excluding steroid dienone is 3. The lowest BCUT2D eigenvalue weighted by Gasteiger charge is -2.11. The highest BCUT2D eigenvalue weighted by Crippen LogP contribution is 2.20. The molecule has 0 N–H and O–H groups in total. The Hall–Kier alpha value is -2.30. The number of ether oxygens (including phenoxy) is 1. The second-order valence-electron chi connectivity index (χ2n) is 4.47. The maximum atomic E-state index is 13.8. The number of carbonyl (C=O) groups is 1. The minimum atomic E-state index is -0.715. The van der Waals surface area contributed by atoms with Crippen LogP contribution in [0.1, 0.15) is 17.8 Å². The summed E-state index contributed by atoms with van der Waals surface area (Å²) in [5, 5.41) is 0. The lowest BCUT2D eigenvalue weighted by atomic mass is 10.2. The Labute approximate surface area is 116 Å². The molecule has 0 aliphatic heterocycles. The average molecular weight is 277 g/mol. The number of hydrogen-bond donors (Lipinski definition) is 0. The highest BCUT2D eigenvalue weighted by atomic mass is 19.1. The smallest absolute Gasteiger partial charge is 0.340 e. The van der Waals surface area contributed by atoms with Gasteiger partial charge in [0.1, 0.15) is 5.83 Å². The van der Waals surface area contributed by atoms with Crippen molar-refractivity contribution in [3.63, 3.8) is 0 Å². The minimum absolute atomic E-state index is 0.0391. The van der Waals surface area contributed by atoms with Crippen molar-refractivity contribution in [2.24, 2.45) is 0 Å². The van der Waals surface area contributed by atoms with E-state index < -0.39 is 11.8 Å². The molecule has 5 heteroatoms. The van der Waals surface area contributed by atoms with Gasteiger partial charge in [0.05, 0.1) is 24.1 Å². The van der Waals surface area contributed by atoms with Gasteiger partial charge in [-0.05, 0) is 32.1 Å². The third kappa shape index (κ3) is 2.82. The van der Waals surface area contributed by atoms with Gasteiger partial charge in [0.15, 0.2) is 5.76 Å². The number of rotatable bonds is 3. The SMILES string of the molecule is COC(=O)C1=C(F)CC=CC(On2c(C)ccc2C)=C1. The van der Waals surface area contributed by atoms with Crippen LogP contribution in [0.5, 0.6) is 0 Å². The van der Waals surface area contributed by atoms with E-state index in [0.717, 1.165) is 11.4 Å². The summed E-state index contributed by atoms with van der Waals surface area (Å²) in [7, 11) is 1.22. The molecule has 0 spiro atoms. The van der Waals surface area contributed by atoms with Gasteiger partial charge < -0.3 is 9.57 Å². The molecule has 1 aromatic heterocycles. The first-order valence-electron chi connectivity index (χ1n) is 6.21. The quantitative estimate of drug-likeness (QED) is 0.798. The molecule has 1 heterocycles. The monoisotopic (exact) mass is 277 g/mol. The molecule has 0 unspecified atom stereocenters. The van der Waals surface area contributed by atoms with Crippen LogP contribution in [0.4, 0.5) is 4.39 Å². The zero-order valence-corrected chi connectivity index (χ0v) is 11.6. The Balaban J connectivity index is 2.34. The van der Waals surface area contributed by atoms with Gasteiger partial charge in [0, 0.05) is 12.5 Å². The summed E-state index contributed by atoms with van der Waals surface area (Å²) in [6.07, 6.45) is 4.63. The van der Waals surface area contributed by atoms with Gasteiger partial charge in [-0.1, -0.05) is 6.08 Å². The first kappa shape index (κ1) is 14.1. The van der Waals surface area contributed by atoms with Crippen molar-refractivity contribution in [3.05, 3.63) is 58.9 Å². The largest absolute Gasteiger partial charge is 0.465 e. The van der Waals surface area contributed by atoms with E-state index in [0.29, 0.717) is 5.76 Å². The number of aromatic nitrogens is 1. The number of esters is 1. The van der Waals surface area contributed by atoms with Gasteiger partial charge in [-0.3, -0.25) is 0 Å². The maximum absolute atomic E-state index is 13.8. The molecular weight excluding hydrogens is 261 g/mol. The first-order valence-corrected chi connectivity index (χ1v) is 6.21. The number of methoxy groups -OCH3 is 1. The third-order valence-electron chi connectivity index (χ3n) is 2.97. The van der Waals surface area contributed by atoms with Crippen molar-refractivity contribution in [3.8, 4) is 0 Å². The zero-order chi connectivity index (χ0) is 14.7. The fourth-order valence-electron chi connectivity index (χ4n) is 1.90. The van der Waals surface area contributed by atoms with E-state index in [2.05, 4.69) is 4.74 Å². The average Bonchev–Trinajstić information content (AvgIpc) is 2.64. The molecule has 0 atom stereocenters. The highest BCUT2D eigenvalue weighted by Gasteiger charge is 2.17. The van der Waals surface area contributed by atoms with Crippen molar-refractivity contribution < 1.29 is 18.8 Å². The Bertz CT molecular complexity index is 604. The molecule has 1 aromatic rings. The minimum Gasteiger partial charge on any atom is -0.465 e. The summed E-state index contributed by atoms with van der Waals surface area (Å²) >= 11 is 0. The van der Waals surface area contributed by atoms with E-state index in [1.165, 1.54) is 13.2 Å². The van der Waals surface area contributed by atoms with E-state index in [1.807, 2.05) is 26.0 Å². The predicted octanol–water partition coefficient (Wildman–Crippen LogP) is 2.77. The Morgan fingerprint density at radius 1 is 1.30 bits per heavy atom. The topological polar surface area (TPSA) is 40.5 Å². The van der Waals surface area contributed by atoms with Gasteiger partial charge in [-0.15, -0.1) is 0 Å². The summed E-state index contributed by atoms with van der Waals surface area (Å²) < 4.78 is 20.0. The highest BCUT2D eigenvalue weighted by molar-refractivity contribution is 5.92. The Morgan fingerprint density at radius 2 is 1.95 bits per heavy atom. The van der Waals surface area contributed by atoms with Crippen LogP contribution in [0.15, 0.2) is 47.5 Å². The lowest BCUT2D eigenvalue weighted by Crippen LogP contribution is -2.14. The van der Waals surface area contributed by atoms with Crippen LogP contribution in [-0.4, -0.2) is 17.8 Å². The van der Waals surface area contributed by atoms with E-state index in [4.69, 9.17) is 4.84 Å². The van der Waals surface area contributed by atoms with Crippen molar-refractivity contribution in [1.29, 1.82) is 0 Å². The zero-order valence-electron chi connectivity index (χ0n) is 11.6. The normalized spacial score (nSPS) is 14.9.